The molecule has 5 aliphatic rings. The standard InChI is InChI=1S/C30H38ClFN4O5S/c1-42(37,38)41-21-5-3-12-35(14-9-21)27-23-18-40-30(11-8-22-24(30)6-2-7-25(22)31)16-26(23)33-28(34-27)39-19-29-10-4-13-36(29)17-20(32)15-29/h2,6-7,20-21H,3-5,8-19H2,1H3/t20-,21?,29+,30?/m1/s1. The Balaban J connectivity index is 1.20. The molecular formula is C30H38ClFN4O5S. The van der Waals surface area contributed by atoms with Gasteiger partial charge in [-0.3, -0.25) is 9.08 Å². The van der Waals surface area contributed by atoms with Gasteiger partial charge in [-0.1, -0.05) is 23.7 Å². The third kappa shape index (κ3) is 5.29. The summed E-state index contributed by atoms with van der Waals surface area (Å²) in [6, 6.07) is 6.32. The first-order chi connectivity index (χ1) is 20.1. The van der Waals surface area contributed by atoms with Gasteiger partial charge in [0, 0.05) is 43.1 Å². The fourth-order valence-corrected chi connectivity index (χ4v) is 8.91. The summed E-state index contributed by atoms with van der Waals surface area (Å²) in [4.78, 5) is 14.3. The maximum atomic E-state index is 14.4. The van der Waals surface area contributed by atoms with Gasteiger partial charge in [0.2, 0.25) is 0 Å². The van der Waals surface area contributed by atoms with Crippen LogP contribution in [-0.2, 0) is 44.1 Å². The fourth-order valence-electron chi connectivity index (χ4n) is 7.95. The van der Waals surface area contributed by atoms with Crippen LogP contribution in [0.15, 0.2) is 18.2 Å². The molecule has 0 N–H and O–H groups in total. The first-order valence-corrected chi connectivity index (χ1v) is 17.3. The summed E-state index contributed by atoms with van der Waals surface area (Å²) in [5, 5.41) is 0.768. The monoisotopic (exact) mass is 620 g/mol. The molecule has 0 radical (unpaired) electrons. The van der Waals surface area contributed by atoms with E-state index in [1.165, 1.54) is 0 Å². The summed E-state index contributed by atoms with van der Waals surface area (Å²) in [5.74, 6) is 0.768. The van der Waals surface area contributed by atoms with Crippen molar-refractivity contribution >= 4 is 27.5 Å². The van der Waals surface area contributed by atoms with E-state index in [0.717, 1.165) is 78.1 Å². The van der Waals surface area contributed by atoms with Gasteiger partial charge in [-0.15, -0.1) is 0 Å². The van der Waals surface area contributed by atoms with Crippen molar-refractivity contribution in [3.05, 3.63) is 45.6 Å². The van der Waals surface area contributed by atoms with Gasteiger partial charge >= 0.3 is 6.01 Å². The summed E-state index contributed by atoms with van der Waals surface area (Å²) in [6.45, 7) is 3.37. The Morgan fingerprint density at radius 1 is 1.14 bits per heavy atom. The number of alkyl halides is 1. The van der Waals surface area contributed by atoms with Gasteiger partial charge in [0.15, 0.2) is 0 Å². The molecule has 9 nitrogen and oxygen atoms in total. The molecule has 42 heavy (non-hydrogen) atoms. The van der Waals surface area contributed by atoms with Gasteiger partial charge in [0.25, 0.3) is 10.1 Å². The van der Waals surface area contributed by atoms with E-state index in [-0.39, 0.29) is 11.6 Å². The van der Waals surface area contributed by atoms with Crippen LogP contribution in [0.25, 0.3) is 0 Å². The number of hydrogen-bond donors (Lipinski definition) is 0. The lowest BCUT2D eigenvalue weighted by atomic mass is 9.87. The largest absolute Gasteiger partial charge is 0.461 e. The topological polar surface area (TPSA) is 94.1 Å². The van der Waals surface area contributed by atoms with Crippen LogP contribution >= 0.6 is 11.6 Å². The number of ether oxygens (including phenoxy) is 2. The quantitative estimate of drug-likeness (QED) is 0.437. The lowest BCUT2D eigenvalue weighted by Gasteiger charge is -2.37. The van der Waals surface area contributed by atoms with Crippen LogP contribution in [0, 0.1) is 0 Å². The Morgan fingerprint density at radius 3 is 2.88 bits per heavy atom. The highest BCUT2D eigenvalue weighted by molar-refractivity contribution is 7.86. The first-order valence-electron chi connectivity index (χ1n) is 15.1. The molecule has 3 fully saturated rings. The number of rotatable bonds is 6. The predicted molar refractivity (Wildman–Crippen MR) is 156 cm³/mol. The molecule has 228 valence electrons. The molecule has 4 aliphatic heterocycles. The minimum atomic E-state index is -3.54. The third-order valence-electron chi connectivity index (χ3n) is 9.90. The molecule has 3 saturated heterocycles. The average Bonchev–Trinajstić information content (AvgIpc) is 3.52. The summed E-state index contributed by atoms with van der Waals surface area (Å²) in [5.41, 5.74) is 3.30. The van der Waals surface area contributed by atoms with E-state index in [9.17, 15) is 12.8 Å². The lowest BCUT2D eigenvalue weighted by molar-refractivity contribution is -0.0730. The van der Waals surface area contributed by atoms with Crippen LogP contribution in [0.4, 0.5) is 10.2 Å². The van der Waals surface area contributed by atoms with Crippen molar-refractivity contribution in [1.82, 2.24) is 14.9 Å². The molecule has 4 atom stereocenters. The zero-order valence-corrected chi connectivity index (χ0v) is 25.6. The van der Waals surface area contributed by atoms with Crippen molar-refractivity contribution in [2.24, 2.45) is 0 Å². The maximum absolute atomic E-state index is 14.4. The van der Waals surface area contributed by atoms with E-state index in [1.807, 2.05) is 12.1 Å². The van der Waals surface area contributed by atoms with Gasteiger partial charge in [-0.25, -0.2) is 4.39 Å². The average molecular weight is 621 g/mol. The van der Waals surface area contributed by atoms with Gasteiger partial charge in [-0.05, 0) is 68.7 Å². The van der Waals surface area contributed by atoms with Crippen LogP contribution < -0.4 is 9.64 Å². The van der Waals surface area contributed by atoms with Crippen molar-refractivity contribution < 1.29 is 26.5 Å². The Morgan fingerprint density at radius 2 is 2.02 bits per heavy atom. The number of anilines is 1. The van der Waals surface area contributed by atoms with Crippen LogP contribution in [0.1, 0.15) is 67.3 Å². The SMILES string of the molecule is CS(=O)(=O)OC1CCCN(c2nc(OC[C@@]34CCCN3C[C@H](F)C4)nc3c2COC2(CCc4c(Cl)cccc42)C3)CC1. The molecule has 0 amide bonds. The predicted octanol–water partition coefficient (Wildman–Crippen LogP) is 4.33. The second-order valence-electron chi connectivity index (χ2n) is 12.7. The normalized spacial score (nSPS) is 31.2. The summed E-state index contributed by atoms with van der Waals surface area (Å²) in [6.07, 6.45) is 6.57. The molecule has 0 saturated carbocycles. The van der Waals surface area contributed by atoms with Crippen molar-refractivity contribution in [3.8, 4) is 6.01 Å². The number of nitrogens with zero attached hydrogens (tertiary/aromatic N) is 4. The van der Waals surface area contributed by atoms with E-state index in [0.29, 0.717) is 64.5 Å². The third-order valence-corrected chi connectivity index (χ3v) is 10.9. The summed E-state index contributed by atoms with van der Waals surface area (Å²) >= 11 is 6.56. The Labute approximate surface area is 251 Å². The molecule has 5 heterocycles. The van der Waals surface area contributed by atoms with E-state index in [4.69, 9.17) is 35.2 Å². The number of benzene rings is 1. The van der Waals surface area contributed by atoms with Crippen molar-refractivity contribution in [2.45, 2.75) is 87.8 Å². The molecule has 1 aromatic heterocycles. The van der Waals surface area contributed by atoms with Crippen LogP contribution in [-0.4, -0.2) is 80.1 Å². The molecule has 1 spiro atoms. The minimum absolute atomic E-state index is 0.302. The van der Waals surface area contributed by atoms with Crippen molar-refractivity contribution in [1.29, 1.82) is 0 Å². The second kappa shape index (κ2) is 10.8. The summed E-state index contributed by atoms with van der Waals surface area (Å²) < 4.78 is 56.4. The van der Waals surface area contributed by atoms with E-state index in [1.54, 1.807) is 0 Å². The molecule has 1 aromatic carbocycles. The second-order valence-corrected chi connectivity index (χ2v) is 14.7. The number of hydrogen-bond acceptors (Lipinski definition) is 9. The molecule has 12 heteroatoms. The number of halogens is 2. The van der Waals surface area contributed by atoms with Gasteiger partial charge in [0.1, 0.15) is 18.6 Å². The van der Waals surface area contributed by atoms with E-state index in [2.05, 4.69) is 15.9 Å². The van der Waals surface area contributed by atoms with Crippen LogP contribution in [0.3, 0.4) is 0 Å². The first kappa shape index (κ1) is 28.7. The van der Waals surface area contributed by atoms with E-state index < -0.39 is 21.9 Å². The smallest absolute Gasteiger partial charge is 0.318 e. The number of fused-ring (bicyclic) bond motifs is 4. The fraction of sp³-hybridized carbons (Fsp3) is 0.667. The highest BCUT2D eigenvalue weighted by Crippen LogP contribution is 2.49. The Bertz CT molecular complexity index is 1480. The molecule has 2 aromatic rings. The van der Waals surface area contributed by atoms with E-state index >= 15 is 0 Å². The van der Waals surface area contributed by atoms with Crippen LogP contribution in [0.5, 0.6) is 6.01 Å². The Kier molecular flexibility index (Phi) is 7.41. The molecule has 0 bridgehead atoms. The summed E-state index contributed by atoms with van der Waals surface area (Å²) in [7, 11) is -3.54. The maximum Gasteiger partial charge on any atom is 0.318 e. The van der Waals surface area contributed by atoms with Crippen molar-refractivity contribution in [2.75, 3.05) is 43.9 Å². The van der Waals surface area contributed by atoms with Crippen LogP contribution in [0.2, 0.25) is 5.02 Å². The highest BCUT2D eigenvalue weighted by Gasteiger charge is 2.50. The minimum Gasteiger partial charge on any atom is -0.461 e. The van der Waals surface area contributed by atoms with Gasteiger partial charge < -0.3 is 14.4 Å². The zero-order chi connectivity index (χ0) is 29.1. The highest BCUT2D eigenvalue weighted by atomic mass is 35.5. The Hall–Kier alpha value is -2.05. The van der Waals surface area contributed by atoms with Gasteiger partial charge in [0.05, 0.1) is 35.8 Å². The zero-order valence-electron chi connectivity index (χ0n) is 24.0. The molecule has 2 unspecified atom stereocenters. The number of aromatic nitrogens is 2. The van der Waals surface area contributed by atoms with Gasteiger partial charge in [-0.2, -0.15) is 18.4 Å². The van der Waals surface area contributed by atoms with Crippen molar-refractivity contribution in [3.63, 3.8) is 0 Å². The molecule has 1 aliphatic carbocycles. The lowest BCUT2D eigenvalue weighted by Crippen LogP contribution is -2.43. The molecular weight excluding hydrogens is 583 g/mol. The molecule has 7 rings (SSSR count).